The molecule has 0 aromatic rings. The number of cyclic esters (lactones) is 1. The van der Waals surface area contributed by atoms with Crippen LogP contribution in [0.2, 0.25) is 0 Å². The summed E-state index contributed by atoms with van der Waals surface area (Å²) in [6, 6.07) is 0. The minimum absolute atomic E-state index is 0. The molecule has 0 aromatic heterocycles. The molecule has 0 unspecified atom stereocenters. The van der Waals surface area contributed by atoms with Gasteiger partial charge in [-0.1, -0.05) is 71.3 Å². The number of aliphatic hydroxyl groups is 2. The Kier molecular flexibility index (Phi) is 15.5. The van der Waals surface area contributed by atoms with Crippen molar-refractivity contribution in [3.05, 3.63) is 22.1 Å². The second kappa shape index (κ2) is 17.7. The summed E-state index contributed by atoms with van der Waals surface area (Å²) in [6.07, 6.45) is 1.74. The fourth-order valence-corrected chi connectivity index (χ4v) is 9.41. The van der Waals surface area contributed by atoms with Crippen LogP contribution in [0.3, 0.4) is 0 Å². The molecule has 0 radical (unpaired) electrons. The first-order chi connectivity index (χ1) is 23.0. The molecular formula is C38H58BrNaO10. The summed E-state index contributed by atoms with van der Waals surface area (Å²) in [5.41, 5.74) is -1.89. The third-order valence-corrected chi connectivity index (χ3v) is 12.9. The van der Waals surface area contributed by atoms with Gasteiger partial charge in [0.25, 0.3) is 0 Å². The molecule has 3 saturated heterocycles. The fourth-order valence-electron chi connectivity index (χ4n) is 9.11. The number of Topliss-reactive ketones (excluding diaryl/α,β-unsaturated/α-hetero) is 2. The minimum atomic E-state index is -1.01. The van der Waals surface area contributed by atoms with E-state index in [9.17, 15) is 29.7 Å². The molecule has 0 saturated carbocycles. The first-order valence-corrected chi connectivity index (χ1v) is 19.3. The molecule has 4 aliphatic heterocycles. The van der Waals surface area contributed by atoms with E-state index >= 15 is 0 Å². The van der Waals surface area contributed by atoms with Gasteiger partial charge < -0.3 is 34.3 Å². The van der Waals surface area contributed by atoms with Crippen LogP contribution in [0.4, 0.5) is 0 Å². The van der Waals surface area contributed by atoms with Gasteiger partial charge in [-0.3, -0.25) is 9.59 Å². The molecule has 4 heterocycles. The van der Waals surface area contributed by atoms with Gasteiger partial charge in [0.1, 0.15) is 11.5 Å². The van der Waals surface area contributed by atoms with Crippen molar-refractivity contribution in [1.82, 2.24) is 0 Å². The maximum absolute atomic E-state index is 14.2. The maximum atomic E-state index is 14.2. The number of hydrogen-bond donors (Lipinski definition) is 2. The van der Waals surface area contributed by atoms with Gasteiger partial charge in [-0.25, -0.2) is 4.79 Å². The summed E-state index contributed by atoms with van der Waals surface area (Å²) in [5.74, 6) is -4.04. The quantitative estimate of drug-likeness (QED) is 0.162. The van der Waals surface area contributed by atoms with Crippen LogP contribution in [-0.2, 0) is 33.3 Å². The Morgan fingerprint density at radius 3 is 2.24 bits per heavy atom. The molecule has 4 aliphatic rings. The Morgan fingerprint density at radius 1 is 1.04 bits per heavy atom. The molecule has 278 valence electrons. The third-order valence-electron chi connectivity index (χ3n) is 12.5. The SMILES string of the molecule is CC[C@@H](C(=O)[C@H](C)[C@H](O)[C@@H](C)[C@H]1O[C@H](CC(=O)C2=C([O-])/C(=C/Br)OC2=O)[C@H](C)C[C@H]1C)[C@H]1O[C@](CC)([C@H]2CC[C@](O)(CC)[C@H](C)O2)C[C@@H]1C.[Na+]. The van der Waals surface area contributed by atoms with Crippen LogP contribution in [0, 0.1) is 35.5 Å². The Balaban J connectivity index is 0.00000676. The van der Waals surface area contributed by atoms with Crippen LogP contribution >= 0.6 is 15.9 Å². The Bertz CT molecular complexity index is 1300. The predicted molar refractivity (Wildman–Crippen MR) is 185 cm³/mol. The number of halogens is 1. The summed E-state index contributed by atoms with van der Waals surface area (Å²) < 4.78 is 24.7. The van der Waals surface area contributed by atoms with E-state index in [0.717, 1.165) is 12.8 Å². The van der Waals surface area contributed by atoms with E-state index < -0.39 is 70.4 Å². The molecule has 0 aromatic carbocycles. The second-order valence-corrected chi connectivity index (χ2v) is 16.0. The van der Waals surface area contributed by atoms with E-state index in [-0.39, 0.29) is 83.6 Å². The molecule has 4 rings (SSSR count). The number of carbonyl (C=O) groups is 3. The number of aliphatic hydroxyl groups excluding tert-OH is 1. The van der Waals surface area contributed by atoms with Gasteiger partial charge in [0.05, 0.1) is 53.4 Å². The molecule has 10 nitrogen and oxygen atoms in total. The van der Waals surface area contributed by atoms with Crippen molar-refractivity contribution in [2.24, 2.45) is 35.5 Å². The van der Waals surface area contributed by atoms with Crippen molar-refractivity contribution in [2.45, 2.75) is 162 Å². The molecule has 0 spiro atoms. The van der Waals surface area contributed by atoms with Crippen LogP contribution in [0.25, 0.3) is 0 Å². The van der Waals surface area contributed by atoms with Gasteiger partial charge in [0, 0.05) is 29.2 Å². The summed E-state index contributed by atoms with van der Waals surface area (Å²) in [5, 5.41) is 35.2. The monoisotopic (exact) mass is 776 g/mol. The van der Waals surface area contributed by atoms with Gasteiger partial charge in [-0.15, -0.1) is 0 Å². The van der Waals surface area contributed by atoms with Crippen molar-refractivity contribution < 1.29 is 78.2 Å². The summed E-state index contributed by atoms with van der Waals surface area (Å²) >= 11 is 2.99. The topological polar surface area (TPSA) is 152 Å². The average Bonchev–Trinajstić information content (AvgIpc) is 3.57. The maximum Gasteiger partial charge on any atom is 1.00 e. The molecule has 0 amide bonds. The van der Waals surface area contributed by atoms with Crippen molar-refractivity contribution in [1.29, 1.82) is 0 Å². The minimum Gasteiger partial charge on any atom is -0.869 e. The predicted octanol–water partition coefficient (Wildman–Crippen LogP) is 2.30. The van der Waals surface area contributed by atoms with E-state index in [1.54, 1.807) is 6.92 Å². The number of ketones is 2. The Hall–Kier alpha value is -0.630. The molecule has 50 heavy (non-hydrogen) atoms. The Labute approximate surface area is 328 Å². The van der Waals surface area contributed by atoms with Gasteiger partial charge in [-0.05, 0) is 75.4 Å². The number of ether oxygens (including phenoxy) is 4. The van der Waals surface area contributed by atoms with Crippen LogP contribution in [0.15, 0.2) is 22.1 Å². The number of esters is 1. The smallest absolute Gasteiger partial charge is 0.869 e. The van der Waals surface area contributed by atoms with Gasteiger partial charge >= 0.3 is 35.5 Å². The number of carbonyl (C=O) groups excluding carboxylic acids is 3. The van der Waals surface area contributed by atoms with E-state index in [4.69, 9.17) is 18.9 Å². The molecule has 2 N–H and O–H groups in total. The van der Waals surface area contributed by atoms with Crippen molar-refractivity contribution in [2.75, 3.05) is 0 Å². The zero-order chi connectivity index (χ0) is 36.6. The van der Waals surface area contributed by atoms with Gasteiger partial charge in [0.2, 0.25) is 0 Å². The summed E-state index contributed by atoms with van der Waals surface area (Å²) in [6.45, 7) is 17.8. The zero-order valence-electron chi connectivity index (χ0n) is 31.7. The van der Waals surface area contributed by atoms with E-state index in [1.807, 2.05) is 41.5 Å². The van der Waals surface area contributed by atoms with Crippen molar-refractivity contribution in [3.63, 3.8) is 0 Å². The summed E-state index contributed by atoms with van der Waals surface area (Å²) in [7, 11) is 0. The van der Waals surface area contributed by atoms with Crippen LogP contribution < -0.4 is 34.7 Å². The van der Waals surface area contributed by atoms with Crippen LogP contribution in [0.1, 0.15) is 114 Å². The molecule has 0 aliphatic carbocycles. The van der Waals surface area contributed by atoms with Gasteiger partial charge in [0.15, 0.2) is 5.78 Å². The first-order valence-electron chi connectivity index (χ1n) is 18.4. The van der Waals surface area contributed by atoms with Crippen molar-refractivity contribution >= 4 is 33.5 Å². The number of rotatable bonds is 13. The largest absolute Gasteiger partial charge is 1.00 e. The van der Waals surface area contributed by atoms with E-state index in [0.29, 0.717) is 32.1 Å². The fraction of sp³-hybridized carbons (Fsp3) is 0.816. The Morgan fingerprint density at radius 2 is 1.70 bits per heavy atom. The summed E-state index contributed by atoms with van der Waals surface area (Å²) in [4.78, 5) is 40.8. The van der Waals surface area contributed by atoms with Gasteiger partial charge in [-0.2, -0.15) is 0 Å². The molecule has 0 bridgehead atoms. The normalized spacial score (nSPS) is 39.4. The van der Waals surface area contributed by atoms with Crippen LogP contribution in [0.5, 0.6) is 0 Å². The third kappa shape index (κ3) is 8.51. The number of hydrogen-bond acceptors (Lipinski definition) is 10. The molecule has 12 heteroatoms. The molecular weight excluding hydrogens is 719 g/mol. The molecule has 14 atom stereocenters. The van der Waals surface area contributed by atoms with E-state index in [1.165, 1.54) is 4.99 Å². The molecule has 3 fully saturated rings. The zero-order valence-corrected chi connectivity index (χ0v) is 35.3. The second-order valence-electron chi connectivity index (χ2n) is 15.5. The van der Waals surface area contributed by atoms with Crippen LogP contribution in [-0.4, -0.2) is 75.6 Å². The van der Waals surface area contributed by atoms with E-state index in [2.05, 4.69) is 29.8 Å². The average molecular weight is 778 g/mol. The van der Waals surface area contributed by atoms with Crippen molar-refractivity contribution in [3.8, 4) is 0 Å². The first kappa shape index (κ1) is 43.8. The standard InChI is InChI=1S/C38H59BrO10.Na/c1-10-25(35-21(6)17-38(12-3,49-35)29-13-14-37(45,11-2)24(9)46-29)32(42)22(7)31(41)23(8)34-20(5)15-19(4)27(47-34)16-26(40)30-33(43)28(18-39)48-36(30)44;/h18-25,27,29,31,34-35,41,43,45H,10-17H2,1-9H3;/q;+1/p-1/b28-18-;/t19-,20-,21+,22-,23-,24+,25+,27-,29-,31+,34+,35+,37-,38+;/m1./s1.